The topological polar surface area (TPSA) is 41.6 Å². The van der Waals surface area contributed by atoms with Gasteiger partial charge in [0, 0.05) is 6.04 Å². The van der Waals surface area contributed by atoms with E-state index >= 15 is 0 Å². The predicted octanol–water partition coefficient (Wildman–Crippen LogP) is 2.92. The van der Waals surface area contributed by atoms with Crippen molar-refractivity contribution < 1.29 is 4.39 Å². The fourth-order valence-corrected chi connectivity index (χ4v) is 3.55. The average Bonchev–Trinajstić information content (AvgIpc) is 3.02. The Hall–Kier alpha value is -1.58. The third-order valence-electron chi connectivity index (χ3n) is 4.81. The Morgan fingerprint density at radius 3 is 2.70 bits per heavy atom. The van der Waals surface area contributed by atoms with Crippen molar-refractivity contribution in [3.8, 4) is 0 Å². The molecule has 1 aromatic rings. The van der Waals surface area contributed by atoms with E-state index in [1.807, 2.05) is 12.1 Å². The van der Waals surface area contributed by atoms with Crippen molar-refractivity contribution in [2.75, 3.05) is 6.54 Å². The van der Waals surface area contributed by atoms with Gasteiger partial charge in [-0.25, -0.2) is 4.39 Å². The minimum atomic E-state index is -0.312. The van der Waals surface area contributed by atoms with Gasteiger partial charge in [0.2, 0.25) is 0 Å². The van der Waals surface area contributed by atoms with Gasteiger partial charge in [-0.05, 0) is 43.9 Å². The maximum atomic E-state index is 13.9. The summed E-state index contributed by atoms with van der Waals surface area (Å²) in [5.74, 6) is 0.459. The van der Waals surface area contributed by atoms with Crippen LogP contribution in [0.1, 0.15) is 43.7 Å². The second-order valence-electron chi connectivity index (χ2n) is 6.22. The lowest BCUT2D eigenvalue weighted by molar-refractivity contribution is 0.166. The van der Waals surface area contributed by atoms with E-state index in [2.05, 4.69) is 16.8 Å². The molecule has 0 spiro atoms. The largest absolute Gasteiger partial charge is 0.370 e. The zero-order chi connectivity index (χ0) is 14.3. The van der Waals surface area contributed by atoms with E-state index in [1.165, 1.54) is 12.8 Å². The van der Waals surface area contributed by atoms with Gasteiger partial charge >= 0.3 is 0 Å². The molecule has 108 valence electrons. The van der Waals surface area contributed by atoms with Crippen LogP contribution in [0.4, 0.5) is 4.39 Å². The molecule has 0 aromatic heterocycles. The molecule has 1 saturated carbocycles. The molecule has 2 N–H and O–H groups in total. The van der Waals surface area contributed by atoms with Crippen LogP contribution >= 0.6 is 0 Å². The van der Waals surface area contributed by atoms with Crippen LogP contribution in [-0.4, -0.2) is 23.4 Å². The lowest BCUT2D eigenvalue weighted by Gasteiger charge is -2.41. The molecule has 0 saturated heterocycles. The highest BCUT2D eigenvalue weighted by Gasteiger charge is 2.44. The smallest absolute Gasteiger partial charge is 0.192 e. The molecule has 2 aliphatic rings. The summed E-state index contributed by atoms with van der Waals surface area (Å²) in [5.41, 5.74) is 7.46. The molecule has 1 aromatic carbocycles. The molecular formula is C16H22FN3. The molecule has 1 aliphatic heterocycles. The first-order valence-corrected chi connectivity index (χ1v) is 7.38. The molecule has 20 heavy (non-hydrogen) atoms. The second kappa shape index (κ2) is 4.76. The summed E-state index contributed by atoms with van der Waals surface area (Å²) in [5, 5.41) is 0. The van der Waals surface area contributed by atoms with Crippen molar-refractivity contribution in [2.24, 2.45) is 10.7 Å². The van der Waals surface area contributed by atoms with Crippen molar-refractivity contribution in [2.45, 2.75) is 51.1 Å². The van der Waals surface area contributed by atoms with Gasteiger partial charge in [-0.3, -0.25) is 4.99 Å². The molecule has 1 fully saturated rings. The first-order chi connectivity index (χ1) is 9.52. The Kier molecular flexibility index (Phi) is 3.19. The number of hydrogen-bond acceptors (Lipinski definition) is 3. The van der Waals surface area contributed by atoms with Gasteiger partial charge in [0.1, 0.15) is 5.82 Å². The molecule has 1 unspecified atom stereocenters. The fourth-order valence-electron chi connectivity index (χ4n) is 3.55. The molecule has 4 heteroatoms. The van der Waals surface area contributed by atoms with Gasteiger partial charge in [-0.1, -0.05) is 25.0 Å². The van der Waals surface area contributed by atoms with E-state index in [-0.39, 0.29) is 11.4 Å². The highest BCUT2D eigenvalue weighted by molar-refractivity contribution is 5.81. The molecular weight excluding hydrogens is 253 g/mol. The van der Waals surface area contributed by atoms with Crippen LogP contribution in [0, 0.1) is 12.7 Å². The minimum Gasteiger partial charge on any atom is -0.370 e. The first kappa shape index (κ1) is 13.4. The third-order valence-corrected chi connectivity index (χ3v) is 4.81. The molecule has 3 nitrogen and oxygen atoms in total. The van der Waals surface area contributed by atoms with E-state index in [9.17, 15) is 4.39 Å². The van der Waals surface area contributed by atoms with Crippen molar-refractivity contribution in [1.82, 2.24) is 4.90 Å². The summed E-state index contributed by atoms with van der Waals surface area (Å²) < 4.78 is 13.9. The Labute approximate surface area is 119 Å². The first-order valence-electron chi connectivity index (χ1n) is 7.38. The molecule has 1 aliphatic carbocycles. The number of rotatable bonds is 2. The molecule has 1 atom stereocenters. The molecule has 0 amide bonds. The highest BCUT2D eigenvalue weighted by atomic mass is 19.1. The van der Waals surface area contributed by atoms with Crippen LogP contribution in [-0.2, 0) is 5.54 Å². The van der Waals surface area contributed by atoms with Crippen LogP contribution in [0.5, 0.6) is 0 Å². The maximum Gasteiger partial charge on any atom is 0.192 e. The Balaban J connectivity index is 1.98. The molecule has 0 bridgehead atoms. The van der Waals surface area contributed by atoms with E-state index in [0.29, 0.717) is 24.1 Å². The van der Waals surface area contributed by atoms with Crippen LogP contribution in [0.3, 0.4) is 0 Å². The van der Waals surface area contributed by atoms with Crippen molar-refractivity contribution in [3.63, 3.8) is 0 Å². The van der Waals surface area contributed by atoms with Crippen LogP contribution in [0.2, 0.25) is 0 Å². The third kappa shape index (κ3) is 1.98. The van der Waals surface area contributed by atoms with Crippen molar-refractivity contribution >= 4 is 5.96 Å². The van der Waals surface area contributed by atoms with Crippen LogP contribution < -0.4 is 5.73 Å². The predicted molar refractivity (Wildman–Crippen MR) is 79.1 cm³/mol. The molecule has 3 rings (SSSR count). The van der Waals surface area contributed by atoms with Gasteiger partial charge in [-0.2, -0.15) is 0 Å². The van der Waals surface area contributed by atoms with Gasteiger partial charge < -0.3 is 10.6 Å². The van der Waals surface area contributed by atoms with Crippen molar-refractivity contribution in [1.29, 1.82) is 0 Å². The number of nitrogens with two attached hydrogens (primary N) is 1. The number of halogens is 1. The van der Waals surface area contributed by atoms with E-state index < -0.39 is 0 Å². The fraction of sp³-hybridized carbons (Fsp3) is 0.562. The lowest BCUT2D eigenvalue weighted by Crippen LogP contribution is -2.52. The maximum absolute atomic E-state index is 13.9. The Bertz CT molecular complexity index is 549. The number of guanidine groups is 1. The summed E-state index contributed by atoms with van der Waals surface area (Å²) in [7, 11) is 0. The second-order valence-corrected chi connectivity index (χ2v) is 6.22. The normalized spacial score (nSPS) is 27.1. The van der Waals surface area contributed by atoms with E-state index in [0.717, 1.165) is 18.4 Å². The van der Waals surface area contributed by atoms with Gasteiger partial charge in [0.15, 0.2) is 5.96 Å². The van der Waals surface area contributed by atoms with Gasteiger partial charge in [0.05, 0.1) is 12.1 Å². The van der Waals surface area contributed by atoms with Gasteiger partial charge in [-0.15, -0.1) is 0 Å². The monoisotopic (exact) mass is 275 g/mol. The van der Waals surface area contributed by atoms with Crippen LogP contribution in [0.25, 0.3) is 0 Å². The Morgan fingerprint density at radius 2 is 2.05 bits per heavy atom. The quantitative estimate of drug-likeness (QED) is 0.901. The van der Waals surface area contributed by atoms with E-state index in [1.54, 1.807) is 13.0 Å². The zero-order valence-corrected chi connectivity index (χ0v) is 12.2. The Morgan fingerprint density at radius 1 is 1.35 bits per heavy atom. The van der Waals surface area contributed by atoms with Crippen molar-refractivity contribution in [3.05, 3.63) is 35.1 Å². The number of aryl methyl sites for hydroxylation is 1. The number of hydrogen-bond donors (Lipinski definition) is 1. The number of benzene rings is 1. The number of aliphatic imine (C=N–C) groups is 1. The van der Waals surface area contributed by atoms with Crippen LogP contribution in [0.15, 0.2) is 23.2 Å². The number of nitrogens with zero attached hydrogens (tertiary/aromatic N) is 2. The minimum absolute atomic E-state index is 0.152. The molecule has 0 radical (unpaired) electrons. The lowest BCUT2D eigenvalue weighted by atomic mass is 9.89. The summed E-state index contributed by atoms with van der Waals surface area (Å²) in [6, 6.07) is 5.94. The summed E-state index contributed by atoms with van der Waals surface area (Å²) >= 11 is 0. The zero-order valence-electron chi connectivity index (χ0n) is 12.2. The van der Waals surface area contributed by atoms with Gasteiger partial charge in [0.25, 0.3) is 0 Å². The van der Waals surface area contributed by atoms with E-state index in [4.69, 9.17) is 5.73 Å². The average molecular weight is 275 g/mol. The standard InChI is InChI=1S/C16H22FN3/c1-11-7-8-12(9-14(11)17)16(2)10-19-15(18)20(16)13-5-3-4-6-13/h7-9,13H,3-6,10H2,1-2H3,(H2,18,19). The summed E-state index contributed by atoms with van der Waals surface area (Å²) in [6.07, 6.45) is 4.79. The molecule has 1 heterocycles. The summed E-state index contributed by atoms with van der Waals surface area (Å²) in [4.78, 5) is 6.67. The highest BCUT2D eigenvalue weighted by Crippen LogP contribution is 2.39. The SMILES string of the molecule is Cc1ccc(C2(C)CN=C(N)N2C2CCCC2)cc1F. The summed E-state index contributed by atoms with van der Waals surface area (Å²) in [6.45, 7) is 4.52.